The van der Waals surface area contributed by atoms with Gasteiger partial charge in [-0.25, -0.2) is 0 Å². The predicted octanol–water partition coefficient (Wildman–Crippen LogP) is 1.04. The number of fused-ring (bicyclic) bond motifs is 3. The SMILES string of the molecule is CCN1CCCN2CCN(CC)CCCN(CC1)CC2.[Mn+2]. The molecule has 2 heterocycles. The van der Waals surface area contributed by atoms with E-state index in [1.54, 1.807) is 0 Å². The molecule has 4 nitrogen and oxygen atoms in total. The van der Waals surface area contributed by atoms with Crippen LogP contribution in [0.25, 0.3) is 0 Å². The van der Waals surface area contributed by atoms with Gasteiger partial charge in [0.15, 0.2) is 0 Å². The van der Waals surface area contributed by atoms with Crippen molar-refractivity contribution in [3.8, 4) is 0 Å². The molecule has 2 unspecified atom stereocenters. The molecule has 2 fully saturated rings. The van der Waals surface area contributed by atoms with Crippen molar-refractivity contribution < 1.29 is 17.1 Å². The zero-order chi connectivity index (χ0) is 14.2. The van der Waals surface area contributed by atoms with E-state index in [1.165, 1.54) is 91.4 Å². The van der Waals surface area contributed by atoms with Gasteiger partial charge >= 0.3 is 17.1 Å². The summed E-state index contributed by atoms with van der Waals surface area (Å²) in [5.74, 6) is 0. The van der Waals surface area contributed by atoms with Gasteiger partial charge in [0, 0.05) is 39.3 Å². The molecule has 123 valence electrons. The van der Waals surface area contributed by atoms with Crippen molar-refractivity contribution in [2.24, 2.45) is 0 Å². The van der Waals surface area contributed by atoms with Gasteiger partial charge in [-0.15, -0.1) is 0 Å². The zero-order valence-corrected chi connectivity index (χ0v) is 15.2. The van der Waals surface area contributed by atoms with E-state index in [4.69, 9.17) is 0 Å². The fourth-order valence-electron chi connectivity index (χ4n) is 3.41. The molecule has 0 aliphatic carbocycles. The molecular formula is C16H34MnN4+2. The van der Waals surface area contributed by atoms with Crippen LogP contribution in [0.5, 0.6) is 0 Å². The first kappa shape index (κ1) is 19.4. The minimum absolute atomic E-state index is 0. The largest absolute Gasteiger partial charge is 2.00 e. The molecule has 0 spiro atoms. The molecule has 0 amide bonds. The number of hydrogen-bond donors (Lipinski definition) is 0. The van der Waals surface area contributed by atoms with Gasteiger partial charge in [-0.3, -0.25) is 0 Å². The Balaban J connectivity index is 0.00000220. The number of hydrogen-bond acceptors (Lipinski definition) is 4. The Hall–Kier alpha value is 0.359. The summed E-state index contributed by atoms with van der Waals surface area (Å²) in [5.41, 5.74) is 0. The molecule has 0 saturated carbocycles. The first-order valence-electron chi connectivity index (χ1n) is 8.71. The Labute approximate surface area is 142 Å². The second-order valence-corrected chi connectivity index (χ2v) is 6.26. The minimum Gasteiger partial charge on any atom is -0.302 e. The van der Waals surface area contributed by atoms with Crippen LogP contribution in [-0.2, 0) is 17.1 Å². The summed E-state index contributed by atoms with van der Waals surface area (Å²) in [5, 5.41) is 0. The second-order valence-electron chi connectivity index (χ2n) is 6.26. The van der Waals surface area contributed by atoms with Crippen LogP contribution in [-0.4, -0.2) is 98.1 Å². The molecule has 2 atom stereocenters. The van der Waals surface area contributed by atoms with Crippen molar-refractivity contribution in [3.05, 3.63) is 0 Å². The van der Waals surface area contributed by atoms with E-state index in [0.29, 0.717) is 0 Å². The van der Waals surface area contributed by atoms with Crippen LogP contribution >= 0.6 is 0 Å². The first-order valence-corrected chi connectivity index (χ1v) is 8.71. The maximum Gasteiger partial charge on any atom is 2.00 e. The Kier molecular flexibility index (Phi) is 10.1. The smallest absolute Gasteiger partial charge is 0.302 e. The molecular weight excluding hydrogens is 303 g/mol. The Morgan fingerprint density at radius 3 is 1.29 bits per heavy atom. The Bertz CT molecular complexity index is 235. The van der Waals surface area contributed by atoms with Gasteiger partial charge in [0.05, 0.1) is 0 Å². The average Bonchev–Trinajstić information content (AvgIpc) is 2.49. The summed E-state index contributed by atoms with van der Waals surface area (Å²) >= 11 is 0. The van der Waals surface area contributed by atoms with E-state index in [-0.39, 0.29) is 17.1 Å². The van der Waals surface area contributed by atoms with Crippen LogP contribution in [0.2, 0.25) is 0 Å². The summed E-state index contributed by atoms with van der Waals surface area (Å²) < 4.78 is 0. The molecule has 21 heavy (non-hydrogen) atoms. The van der Waals surface area contributed by atoms with Crippen LogP contribution in [0.3, 0.4) is 0 Å². The molecule has 0 aromatic rings. The molecule has 0 aromatic carbocycles. The maximum absolute atomic E-state index is 2.69. The van der Waals surface area contributed by atoms with Crippen molar-refractivity contribution in [2.75, 3.05) is 78.5 Å². The Morgan fingerprint density at radius 2 is 0.905 bits per heavy atom. The third-order valence-corrected chi connectivity index (χ3v) is 4.99. The van der Waals surface area contributed by atoms with Crippen LogP contribution in [0.4, 0.5) is 0 Å². The monoisotopic (exact) mass is 337 g/mol. The molecule has 2 bridgehead atoms. The zero-order valence-electron chi connectivity index (χ0n) is 14.1. The third-order valence-electron chi connectivity index (χ3n) is 4.99. The molecule has 2 saturated heterocycles. The van der Waals surface area contributed by atoms with E-state index in [9.17, 15) is 0 Å². The molecule has 0 aromatic heterocycles. The van der Waals surface area contributed by atoms with Gasteiger partial charge in [-0.05, 0) is 52.1 Å². The second kappa shape index (κ2) is 11.0. The standard InChI is InChI=1S/C16H34N4.Mn/c1-3-17-7-5-9-20-14-12-18(4-2)8-6-10-19(13-11-17)15-16-20;/h3-16H2,1-2H3;/q;+2. The Morgan fingerprint density at radius 1 is 0.524 bits per heavy atom. The predicted molar refractivity (Wildman–Crippen MR) is 86.3 cm³/mol. The number of likely N-dealkylation sites (N-methyl/N-ethyl adjacent to an activating group) is 2. The first-order chi connectivity index (χ1) is 9.81. The van der Waals surface area contributed by atoms with E-state index >= 15 is 0 Å². The van der Waals surface area contributed by atoms with E-state index < -0.39 is 0 Å². The minimum atomic E-state index is 0. The quantitative estimate of drug-likeness (QED) is 0.698. The summed E-state index contributed by atoms with van der Waals surface area (Å²) in [7, 11) is 0. The van der Waals surface area contributed by atoms with Gasteiger partial charge in [0.1, 0.15) is 0 Å². The summed E-state index contributed by atoms with van der Waals surface area (Å²) in [6.07, 6.45) is 2.67. The van der Waals surface area contributed by atoms with E-state index in [1.807, 2.05) is 0 Å². The third kappa shape index (κ3) is 6.98. The van der Waals surface area contributed by atoms with Gasteiger partial charge in [-0.1, -0.05) is 13.8 Å². The summed E-state index contributed by atoms with van der Waals surface area (Å²) in [4.78, 5) is 10.6. The number of nitrogens with zero attached hydrogens (tertiary/aromatic N) is 4. The van der Waals surface area contributed by atoms with Crippen molar-refractivity contribution in [1.82, 2.24) is 19.6 Å². The van der Waals surface area contributed by atoms with Crippen LogP contribution < -0.4 is 0 Å². The molecule has 2 rings (SSSR count). The maximum atomic E-state index is 2.69. The van der Waals surface area contributed by atoms with Gasteiger partial charge in [-0.2, -0.15) is 0 Å². The summed E-state index contributed by atoms with van der Waals surface area (Å²) in [6, 6.07) is 0. The average molecular weight is 337 g/mol. The van der Waals surface area contributed by atoms with Crippen molar-refractivity contribution in [2.45, 2.75) is 26.7 Å². The van der Waals surface area contributed by atoms with Crippen LogP contribution in [0, 0.1) is 0 Å². The topological polar surface area (TPSA) is 13.0 Å². The number of rotatable bonds is 2. The molecule has 5 heteroatoms. The molecule has 0 N–H and O–H groups in total. The fraction of sp³-hybridized carbons (Fsp3) is 1.00. The molecule has 2 aliphatic rings. The van der Waals surface area contributed by atoms with E-state index in [2.05, 4.69) is 33.4 Å². The van der Waals surface area contributed by atoms with Gasteiger partial charge in [0.2, 0.25) is 0 Å². The van der Waals surface area contributed by atoms with Gasteiger partial charge < -0.3 is 19.6 Å². The van der Waals surface area contributed by atoms with E-state index in [0.717, 1.165) is 0 Å². The van der Waals surface area contributed by atoms with Crippen LogP contribution in [0.15, 0.2) is 0 Å². The normalized spacial score (nSPS) is 30.6. The molecule has 2 aliphatic heterocycles. The van der Waals surface area contributed by atoms with Crippen molar-refractivity contribution in [3.63, 3.8) is 0 Å². The van der Waals surface area contributed by atoms with Gasteiger partial charge in [0.25, 0.3) is 0 Å². The van der Waals surface area contributed by atoms with Crippen molar-refractivity contribution in [1.29, 1.82) is 0 Å². The fourth-order valence-corrected chi connectivity index (χ4v) is 3.41. The van der Waals surface area contributed by atoms with Crippen molar-refractivity contribution >= 4 is 0 Å². The summed E-state index contributed by atoms with van der Waals surface area (Å²) in [6.45, 7) is 19.7. The molecule has 1 radical (unpaired) electrons. The van der Waals surface area contributed by atoms with Crippen LogP contribution in [0.1, 0.15) is 26.7 Å².